The summed E-state index contributed by atoms with van der Waals surface area (Å²) in [5.41, 5.74) is -0.406. The van der Waals surface area contributed by atoms with Crippen LogP contribution in [0.1, 0.15) is 368 Å². The Morgan fingerprint density at radius 3 is 1.02 bits per heavy atom. The van der Waals surface area contributed by atoms with Crippen LogP contribution < -0.4 is 28.2 Å². The van der Waals surface area contributed by atoms with E-state index in [2.05, 4.69) is 329 Å². The fourth-order valence-electron chi connectivity index (χ4n) is 12.1. The van der Waals surface area contributed by atoms with E-state index in [1.807, 2.05) is 30.3 Å². The molecule has 117 heavy (non-hydrogen) atoms. The smallest absolute Gasteiger partial charge is 0.694 e. The molecule has 0 aromatic heterocycles. The number of benzene rings is 1. The maximum absolute atomic E-state index is 8.92. The van der Waals surface area contributed by atoms with Gasteiger partial charge in [-0.2, -0.15) is 0 Å². The second kappa shape index (κ2) is 63.2. The van der Waals surface area contributed by atoms with Crippen molar-refractivity contribution in [2.75, 3.05) is 0 Å². The van der Waals surface area contributed by atoms with Crippen molar-refractivity contribution in [1.82, 2.24) is 0 Å². The Bertz CT molecular complexity index is 2820. The minimum absolute atomic E-state index is 0. The fourth-order valence-corrected chi connectivity index (χ4v) is 24.4. The Kier molecular flexibility index (Phi) is 70.4. The molecule has 0 saturated heterocycles. The van der Waals surface area contributed by atoms with Crippen molar-refractivity contribution in [3.05, 3.63) is 76.6 Å². The summed E-state index contributed by atoms with van der Waals surface area (Å²) >= 11 is 1.52. The van der Waals surface area contributed by atoms with Gasteiger partial charge in [0.05, 0.1) is 28.0 Å². The molecule has 0 aliphatic carbocycles. The van der Waals surface area contributed by atoms with E-state index in [0.29, 0.717) is 0 Å². The Morgan fingerprint density at radius 2 is 0.761 bits per heavy atom. The molecule has 9 nitrogen and oxygen atoms in total. The minimum Gasteiger partial charge on any atom is -0.694 e. The van der Waals surface area contributed by atoms with Gasteiger partial charge in [-0.3, -0.25) is 6.08 Å². The average molecular weight is 1890 g/mol. The van der Waals surface area contributed by atoms with Crippen LogP contribution >= 0.6 is 22.6 Å². The van der Waals surface area contributed by atoms with Gasteiger partial charge in [-0.15, -0.1) is 23.4 Å². The molecule has 0 bridgehead atoms. The molecule has 1 aromatic rings. The standard InChI is InChI=1S/C15H33BO3Si.C15H31IOSi.2C15H31OSi.C15H30OSi.C8H13.C6H4BO2.2C4H9.Al.Cu.Li/c1-8-9-11-15(5,12-10-13-16(17)18)19-20(6,7)14(2,3)4;1-8-9-11-15(5,12-10-13-16)17-18(6,7)14(2,3)4;3*1-9-11-13-15(6,12-10-2)16-17(7,8)14(3,4)5;1-3-5-7-8-6-4-2;1-2-4-6-5(3-1)8-7-9-6;2*1-4(2)3;;;/h10,13,17-18H,8-9,11-12H2,1-7H3;10,13H,8-9,11-12H2,1-7H3;2*2,10H,9,11-13H2,1,3-8H3;2H,9,11-13H2,1,3-8H3;3,5-8H2,1H3;1-4H;2*4H,1H2,2-3H3;;;/q;;;-1;;-1;;;;;2*+1/b2*13-10+;;;;;;;;;;. The quantitative estimate of drug-likeness (QED) is 0.0217. The first-order valence-electron chi connectivity index (χ1n) is 45.3. The van der Waals surface area contributed by atoms with Crippen LogP contribution in [0.25, 0.3) is 0 Å². The number of hydrogen-bond acceptors (Lipinski definition) is 9. The molecule has 0 saturated carbocycles. The molecule has 20 heteroatoms. The molecule has 1 aliphatic heterocycles. The summed E-state index contributed by atoms with van der Waals surface area (Å²) in [6.07, 6.45) is 48.2. The molecule has 2 rings (SSSR count). The predicted molar refractivity (Wildman–Crippen MR) is 538 cm³/mol. The van der Waals surface area contributed by atoms with E-state index < -0.39 is 62.9 Å². The molecule has 2 N–H and O–H groups in total. The van der Waals surface area contributed by atoms with Crippen LogP contribution in [0.2, 0.25) is 101 Å². The van der Waals surface area contributed by atoms with Crippen molar-refractivity contribution in [1.29, 1.82) is 0 Å². The van der Waals surface area contributed by atoms with Gasteiger partial charge < -0.3 is 60.4 Å². The topological polar surface area (TPSA) is 105 Å². The Morgan fingerprint density at radius 1 is 0.479 bits per heavy atom. The zero-order valence-electron chi connectivity index (χ0n) is 84.9. The van der Waals surface area contributed by atoms with Gasteiger partial charge in [-0.05, 0) is 212 Å². The number of terminal acetylenes is 1. The van der Waals surface area contributed by atoms with Crippen molar-refractivity contribution in [3.8, 4) is 29.8 Å². The van der Waals surface area contributed by atoms with E-state index in [4.69, 9.17) is 60.9 Å². The first kappa shape index (κ1) is 130. The van der Waals surface area contributed by atoms with E-state index in [1.165, 1.54) is 101 Å². The van der Waals surface area contributed by atoms with Crippen LogP contribution in [-0.2, 0) is 39.2 Å². The van der Waals surface area contributed by atoms with Gasteiger partial charge in [0.15, 0.2) is 41.6 Å². The van der Waals surface area contributed by atoms with Crippen LogP contribution in [0.3, 0.4) is 0 Å². The SMILES string of the molecule is C#CCC(C)(CCCC)O[Si](C)(C)C(C)(C)C.CCCCC(C)(C/C=C/B(O)O)O[Si](C)(C)C(C)(C)C.CCCCC(C)(C/C=C/I)O[Si](C)(C)C(C)(C)C.CCCCC(C)(C/C=[CH]/[Al]([CH2]C(C)C)[CH2]C(C)C)O[Si](C)(C)C(C)(C)C.[B]1Oc2ccccc2O1.[C-]#CCCCCCC.[CH-]=CCC(C)(CCCC)O[Si](C)(C)C(C)(C)C.[Cu+].[Li+]. The van der Waals surface area contributed by atoms with Crippen LogP contribution in [0, 0.1) is 43.1 Å². The van der Waals surface area contributed by atoms with Crippen LogP contribution in [-0.4, -0.2) is 109 Å². The molecule has 0 amide bonds. The van der Waals surface area contributed by atoms with Gasteiger partial charge in [0, 0.05) is 6.42 Å². The van der Waals surface area contributed by atoms with Gasteiger partial charge in [0.25, 0.3) is 14.1 Å². The van der Waals surface area contributed by atoms with Gasteiger partial charge in [-0.25, -0.2) is 0 Å². The van der Waals surface area contributed by atoms with E-state index in [-0.39, 0.29) is 89.1 Å². The summed E-state index contributed by atoms with van der Waals surface area (Å²) < 4.78 is 45.3. The minimum atomic E-state index is -1.83. The molecular weight excluding hydrogens is 1700 g/mol. The Balaban J connectivity index is -0.000000246. The number of rotatable bonds is 44. The third kappa shape index (κ3) is 61.3. The molecule has 681 valence electrons. The fraction of sp³-hybridized carbons (Fsp3) is 0.814. The van der Waals surface area contributed by atoms with Crippen molar-refractivity contribution in [2.24, 2.45) is 11.8 Å². The molecule has 1 radical (unpaired) electrons. The largest absolute Gasteiger partial charge is 1.00 e. The van der Waals surface area contributed by atoms with E-state index >= 15 is 0 Å². The second-order valence-electron chi connectivity index (χ2n) is 42.9. The van der Waals surface area contributed by atoms with Crippen LogP contribution in [0.15, 0.2) is 63.6 Å². The molecule has 0 fully saturated rings. The van der Waals surface area contributed by atoms with Gasteiger partial charge in [0.2, 0.25) is 0 Å². The van der Waals surface area contributed by atoms with Crippen molar-refractivity contribution in [2.45, 2.75) is 497 Å². The third-order valence-electron chi connectivity index (χ3n) is 24.2. The third-order valence-corrected chi connectivity index (χ3v) is 51.7. The zero-order valence-corrected chi connectivity index (χ0v) is 94.2. The molecule has 0 spiro atoms. The van der Waals surface area contributed by atoms with Gasteiger partial charge >= 0.3 is 50.7 Å². The number of unbranched alkanes of at least 4 members (excludes halogenated alkanes) is 9. The molecular formula is C97H191AlB2CuILiO9Si5. The zero-order chi connectivity index (χ0) is 90.9. The normalized spacial score (nSPS) is 15.3. The molecule has 5 atom stereocenters. The summed E-state index contributed by atoms with van der Waals surface area (Å²) in [5.74, 6) is 9.81. The Hall–Kier alpha value is 0.214. The van der Waals surface area contributed by atoms with E-state index in [1.54, 1.807) is 6.08 Å². The van der Waals surface area contributed by atoms with Crippen LogP contribution in [0.5, 0.6) is 11.5 Å². The van der Waals surface area contributed by atoms with E-state index in [0.717, 1.165) is 107 Å². The summed E-state index contributed by atoms with van der Waals surface area (Å²) in [7, 11) is -8.72. The second-order valence-corrected chi connectivity index (χ2v) is 70.1. The van der Waals surface area contributed by atoms with Crippen molar-refractivity contribution >= 4 is 93.1 Å². The number of para-hydroxylation sites is 2. The summed E-state index contributed by atoms with van der Waals surface area (Å²) in [6.45, 7) is 97.3. The number of halogens is 1. The first-order valence-corrected chi connectivity index (χ1v) is 63.4. The molecule has 1 aromatic carbocycles. The first-order chi connectivity index (χ1) is 52.3. The Labute approximate surface area is 779 Å². The van der Waals surface area contributed by atoms with Gasteiger partial charge in [0.1, 0.15) is 11.5 Å². The maximum Gasteiger partial charge on any atom is 1.00 e. The van der Waals surface area contributed by atoms with E-state index in [9.17, 15) is 0 Å². The maximum atomic E-state index is 8.92. The molecule has 1 aliphatic rings. The van der Waals surface area contributed by atoms with Gasteiger partial charge in [-0.1, -0.05) is 332 Å². The monoisotopic (exact) mass is 1890 g/mol. The summed E-state index contributed by atoms with van der Waals surface area (Å²) in [5, 5.41) is 22.0. The van der Waals surface area contributed by atoms with Crippen LogP contribution in [0.4, 0.5) is 0 Å². The predicted octanol–water partition coefficient (Wildman–Crippen LogP) is 29.3. The average Bonchev–Trinajstić information content (AvgIpc) is 1.68. The number of hydrogen-bond donors (Lipinski definition) is 2. The van der Waals surface area contributed by atoms with Crippen molar-refractivity contribution < 1.29 is 77.4 Å². The molecule has 5 unspecified atom stereocenters. The number of fused-ring (bicyclic) bond motifs is 1. The summed E-state index contributed by atoms with van der Waals surface area (Å²) in [6, 6.07) is 7.53. The summed E-state index contributed by atoms with van der Waals surface area (Å²) in [4.78, 5) is 2.64. The van der Waals surface area contributed by atoms with Crippen molar-refractivity contribution in [3.63, 3.8) is 0 Å². The molecule has 1 heterocycles.